The number of amides is 1. The maximum absolute atomic E-state index is 11.9. The van der Waals surface area contributed by atoms with Gasteiger partial charge in [0.1, 0.15) is 0 Å². The molecule has 0 saturated carbocycles. The van der Waals surface area contributed by atoms with Gasteiger partial charge in [-0.3, -0.25) is 30.3 Å². The zero-order valence-corrected chi connectivity index (χ0v) is 13.0. The number of carbonyl (C=O) groups is 1. The van der Waals surface area contributed by atoms with Crippen molar-refractivity contribution >= 4 is 46.6 Å². The number of nitro groups is 2. The number of non-ortho nitro benzene ring substituents is 2. The molecule has 0 spiro atoms. The summed E-state index contributed by atoms with van der Waals surface area (Å²) in [4.78, 5) is 31.8. The first-order valence-corrected chi connectivity index (χ1v) is 7.41. The lowest BCUT2D eigenvalue weighted by atomic mass is 10.1. The van der Waals surface area contributed by atoms with Gasteiger partial charge in [-0.25, -0.2) is 0 Å². The molecule has 1 aromatic carbocycles. The molecule has 0 aliphatic rings. The highest BCUT2D eigenvalue weighted by atomic mass is 32.2. The third-order valence-electron chi connectivity index (χ3n) is 2.28. The fourth-order valence-electron chi connectivity index (χ4n) is 1.36. The lowest BCUT2D eigenvalue weighted by Gasteiger charge is -2.08. The number of nitrogens with zero attached hydrogens (tertiary/aromatic N) is 2. The Labute approximate surface area is 134 Å². The molecule has 0 atom stereocenters. The summed E-state index contributed by atoms with van der Waals surface area (Å²) in [6.45, 7) is 1.97. The molecule has 1 rings (SSSR count). The Morgan fingerprint density at radius 3 is 2.23 bits per heavy atom. The molecular weight excluding hydrogens is 332 g/mol. The summed E-state index contributed by atoms with van der Waals surface area (Å²) in [7, 11) is 0. The van der Waals surface area contributed by atoms with E-state index in [-0.39, 0.29) is 10.7 Å². The van der Waals surface area contributed by atoms with Crippen molar-refractivity contribution in [2.24, 2.45) is 0 Å². The second-order valence-electron chi connectivity index (χ2n) is 3.99. The van der Waals surface area contributed by atoms with E-state index in [1.54, 1.807) is 0 Å². The van der Waals surface area contributed by atoms with Crippen LogP contribution in [0.15, 0.2) is 18.2 Å². The summed E-state index contributed by atoms with van der Waals surface area (Å²) in [5, 5.41) is 23.8. The molecule has 0 heterocycles. The molecule has 1 aromatic rings. The van der Waals surface area contributed by atoms with E-state index in [2.05, 4.69) is 10.0 Å². The van der Waals surface area contributed by atoms with Crippen molar-refractivity contribution in [3.63, 3.8) is 0 Å². The van der Waals surface area contributed by atoms with E-state index >= 15 is 0 Å². The van der Waals surface area contributed by atoms with Crippen molar-refractivity contribution < 1.29 is 14.6 Å². The van der Waals surface area contributed by atoms with Crippen LogP contribution in [0.5, 0.6) is 0 Å². The summed E-state index contributed by atoms with van der Waals surface area (Å²) < 4.78 is 2.71. The Balaban J connectivity index is 2.90. The highest BCUT2D eigenvalue weighted by Gasteiger charge is 2.20. The minimum Gasteiger partial charge on any atom is -0.307 e. The highest BCUT2D eigenvalue weighted by Crippen LogP contribution is 2.22. The van der Waals surface area contributed by atoms with E-state index in [0.717, 1.165) is 30.4 Å². The standard InChI is InChI=1S/C11H12N4O5S2/c1-2-3-22-13-11(21)12-10(16)7-4-8(14(17)18)6-9(5-7)15(19)20/h4-6H,2-3H2,1H3,(H2,12,13,16,21). The van der Waals surface area contributed by atoms with Gasteiger partial charge in [-0.2, -0.15) is 0 Å². The van der Waals surface area contributed by atoms with Crippen molar-refractivity contribution in [1.29, 1.82) is 0 Å². The Morgan fingerprint density at radius 1 is 1.23 bits per heavy atom. The topological polar surface area (TPSA) is 127 Å². The number of nitrogens with one attached hydrogen (secondary N) is 2. The van der Waals surface area contributed by atoms with Crippen molar-refractivity contribution in [1.82, 2.24) is 10.0 Å². The molecule has 1 amide bonds. The van der Waals surface area contributed by atoms with Crippen LogP contribution in [0.2, 0.25) is 0 Å². The van der Waals surface area contributed by atoms with Crippen molar-refractivity contribution in [2.75, 3.05) is 5.75 Å². The van der Waals surface area contributed by atoms with Gasteiger partial charge in [-0.05, 0) is 18.6 Å². The van der Waals surface area contributed by atoms with Gasteiger partial charge in [0.25, 0.3) is 17.3 Å². The van der Waals surface area contributed by atoms with E-state index in [4.69, 9.17) is 12.2 Å². The van der Waals surface area contributed by atoms with Gasteiger partial charge in [-0.1, -0.05) is 18.9 Å². The first kappa shape index (κ1) is 17.8. The molecule has 0 fully saturated rings. The third-order valence-corrected chi connectivity index (χ3v) is 3.58. The van der Waals surface area contributed by atoms with Gasteiger partial charge in [0, 0.05) is 17.9 Å². The van der Waals surface area contributed by atoms with Crippen LogP contribution in [0.4, 0.5) is 11.4 Å². The van der Waals surface area contributed by atoms with Crippen molar-refractivity contribution in [2.45, 2.75) is 13.3 Å². The third kappa shape index (κ3) is 5.26. The molecular formula is C11H12N4O5S2. The van der Waals surface area contributed by atoms with Crippen LogP contribution < -0.4 is 10.0 Å². The first-order chi connectivity index (χ1) is 10.3. The van der Waals surface area contributed by atoms with Gasteiger partial charge in [0.15, 0.2) is 5.11 Å². The van der Waals surface area contributed by atoms with E-state index in [0.29, 0.717) is 0 Å². The van der Waals surface area contributed by atoms with Crippen molar-refractivity contribution in [3.05, 3.63) is 44.0 Å². The van der Waals surface area contributed by atoms with E-state index < -0.39 is 27.1 Å². The summed E-state index contributed by atoms with van der Waals surface area (Å²) >= 11 is 6.17. The summed E-state index contributed by atoms with van der Waals surface area (Å²) in [5.74, 6) is 0.0135. The monoisotopic (exact) mass is 344 g/mol. The minimum atomic E-state index is -0.808. The molecule has 0 radical (unpaired) electrons. The van der Waals surface area contributed by atoms with Crippen LogP contribution in [0.3, 0.4) is 0 Å². The molecule has 2 N–H and O–H groups in total. The highest BCUT2D eigenvalue weighted by molar-refractivity contribution is 7.98. The van der Waals surface area contributed by atoms with Crippen LogP contribution in [0.25, 0.3) is 0 Å². The number of hydrogen-bond donors (Lipinski definition) is 2. The van der Waals surface area contributed by atoms with Gasteiger partial charge in [0.2, 0.25) is 0 Å². The second kappa shape index (κ2) is 8.24. The Hall–Kier alpha value is -2.27. The number of carbonyl (C=O) groups excluding carboxylic acids is 1. The fourth-order valence-corrected chi connectivity index (χ4v) is 2.11. The van der Waals surface area contributed by atoms with Gasteiger partial charge in [-0.15, -0.1) is 0 Å². The normalized spacial score (nSPS) is 9.86. The van der Waals surface area contributed by atoms with E-state index in [1.165, 1.54) is 11.9 Å². The first-order valence-electron chi connectivity index (χ1n) is 6.02. The van der Waals surface area contributed by atoms with Crippen LogP contribution in [0, 0.1) is 20.2 Å². The summed E-state index contributed by atoms with van der Waals surface area (Å²) in [6, 6.07) is 2.68. The van der Waals surface area contributed by atoms with Crippen LogP contribution in [-0.4, -0.2) is 26.6 Å². The number of hydrogen-bond acceptors (Lipinski definition) is 7. The predicted octanol–water partition coefficient (Wildman–Crippen LogP) is 2.17. The van der Waals surface area contributed by atoms with Gasteiger partial charge in [0.05, 0.1) is 21.5 Å². The zero-order valence-electron chi connectivity index (χ0n) is 11.4. The SMILES string of the molecule is CCCSNC(=S)NC(=O)c1cc([N+](=O)[O-])cc([N+](=O)[O-])c1. The van der Waals surface area contributed by atoms with Crippen LogP contribution >= 0.6 is 24.2 Å². The molecule has 22 heavy (non-hydrogen) atoms. The maximum Gasteiger partial charge on any atom is 0.277 e. The Bertz CT molecular complexity index is 590. The molecule has 0 aromatic heterocycles. The molecule has 9 nitrogen and oxygen atoms in total. The lowest BCUT2D eigenvalue weighted by molar-refractivity contribution is -0.394. The second-order valence-corrected chi connectivity index (χ2v) is 5.30. The van der Waals surface area contributed by atoms with Crippen molar-refractivity contribution in [3.8, 4) is 0 Å². The zero-order chi connectivity index (χ0) is 16.7. The lowest BCUT2D eigenvalue weighted by Crippen LogP contribution is -2.36. The molecule has 0 aliphatic carbocycles. The number of rotatable bonds is 6. The van der Waals surface area contributed by atoms with Gasteiger partial charge < -0.3 is 4.72 Å². The van der Waals surface area contributed by atoms with Crippen LogP contribution in [-0.2, 0) is 0 Å². The summed E-state index contributed by atoms with van der Waals surface area (Å²) in [5.41, 5.74) is -1.30. The Kier molecular flexibility index (Phi) is 6.66. The molecule has 0 bridgehead atoms. The van der Waals surface area contributed by atoms with E-state index in [9.17, 15) is 25.0 Å². The van der Waals surface area contributed by atoms with E-state index in [1.807, 2.05) is 6.92 Å². The largest absolute Gasteiger partial charge is 0.307 e. The average Bonchev–Trinajstić information content (AvgIpc) is 2.46. The average molecular weight is 344 g/mol. The summed E-state index contributed by atoms with van der Waals surface area (Å²) in [6.07, 6.45) is 0.908. The number of benzene rings is 1. The predicted molar refractivity (Wildman–Crippen MR) is 85.7 cm³/mol. The molecule has 11 heteroatoms. The molecule has 0 aliphatic heterocycles. The maximum atomic E-state index is 11.9. The van der Waals surface area contributed by atoms with Crippen LogP contribution in [0.1, 0.15) is 23.7 Å². The quantitative estimate of drug-likeness (QED) is 0.264. The minimum absolute atomic E-state index is 0.0256. The Morgan fingerprint density at radius 2 is 1.77 bits per heavy atom. The smallest absolute Gasteiger partial charge is 0.277 e. The number of nitro benzene ring substituents is 2. The fraction of sp³-hybridized carbons (Fsp3) is 0.273. The molecule has 0 unspecified atom stereocenters. The molecule has 118 valence electrons. The van der Waals surface area contributed by atoms with Gasteiger partial charge >= 0.3 is 0 Å². The number of thiocarbonyl (C=S) groups is 1. The molecule has 0 saturated heterocycles.